The molecule has 0 unspecified atom stereocenters. The van der Waals surface area contributed by atoms with Crippen LogP contribution < -0.4 is 0 Å². The van der Waals surface area contributed by atoms with E-state index in [2.05, 4.69) is 29.2 Å². The maximum absolute atomic E-state index is 13.0. The van der Waals surface area contributed by atoms with Crippen LogP contribution in [0.3, 0.4) is 0 Å². The normalized spacial score (nSPS) is 15.1. The zero-order valence-corrected chi connectivity index (χ0v) is 16.3. The second kappa shape index (κ2) is 8.01. The molecule has 0 aliphatic carbocycles. The summed E-state index contributed by atoms with van der Waals surface area (Å²) in [5.74, 6) is 0.793. The highest BCUT2D eigenvalue weighted by atomic mass is 16.2. The average Bonchev–Trinajstić information content (AvgIpc) is 3.17. The number of piperidine rings is 1. The van der Waals surface area contributed by atoms with Crippen molar-refractivity contribution >= 4 is 22.6 Å². The van der Waals surface area contributed by atoms with Gasteiger partial charge in [-0.2, -0.15) is 0 Å². The Morgan fingerprint density at radius 3 is 2.54 bits per heavy atom. The lowest BCUT2D eigenvalue weighted by atomic mass is 9.90. The molecule has 0 spiro atoms. The summed E-state index contributed by atoms with van der Waals surface area (Å²) in [5.41, 5.74) is 3.61. The van der Waals surface area contributed by atoms with Crippen molar-refractivity contribution in [1.82, 2.24) is 9.88 Å². The zero-order valence-electron chi connectivity index (χ0n) is 16.3. The second-order valence-electron chi connectivity index (χ2n) is 7.66. The van der Waals surface area contributed by atoms with Crippen LogP contribution in [0.25, 0.3) is 10.9 Å². The Balaban J connectivity index is 1.44. The number of ketones is 1. The molecule has 0 atom stereocenters. The molecule has 1 aliphatic rings. The van der Waals surface area contributed by atoms with E-state index in [4.69, 9.17) is 0 Å². The van der Waals surface area contributed by atoms with Gasteiger partial charge in [0.25, 0.3) is 5.91 Å². The number of Topliss-reactive ketones (excluding diaryl/α,β-unsaturated/α-hetero) is 1. The number of rotatable bonds is 5. The minimum Gasteiger partial charge on any atom is -0.360 e. The van der Waals surface area contributed by atoms with E-state index in [0.29, 0.717) is 23.5 Å². The molecule has 1 aromatic heterocycles. The van der Waals surface area contributed by atoms with Crippen molar-refractivity contribution in [2.45, 2.75) is 32.6 Å². The quantitative estimate of drug-likeness (QED) is 0.649. The molecule has 1 aliphatic heterocycles. The van der Waals surface area contributed by atoms with Crippen LogP contribution in [0.5, 0.6) is 0 Å². The van der Waals surface area contributed by atoms with Crippen LogP contribution in [-0.4, -0.2) is 34.7 Å². The summed E-state index contributed by atoms with van der Waals surface area (Å²) in [6.07, 6.45) is 5.36. The molecule has 4 rings (SSSR count). The number of hydrogen-bond donors (Lipinski definition) is 1. The molecule has 1 fully saturated rings. The van der Waals surface area contributed by atoms with E-state index in [1.807, 2.05) is 36.1 Å². The Morgan fingerprint density at radius 1 is 1.07 bits per heavy atom. The number of benzene rings is 2. The average molecular weight is 374 g/mol. The molecule has 3 aromatic rings. The van der Waals surface area contributed by atoms with Gasteiger partial charge in [0.05, 0.1) is 0 Å². The predicted molar refractivity (Wildman–Crippen MR) is 112 cm³/mol. The van der Waals surface area contributed by atoms with Gasteiger partial charge >= 0.3 is 0 Å². The van der Waals surface area contributed by atoms with Crippen molar-refractivity contribution in [3.05, 3.63) is 71.4 Å². The van der Waals surface area contributed by atoms with E-state index >= 15 is 0 Å². The van der Waals surface area contributed by atoms with Crippen LogP contribution >= 0.6 is 0 Å². The fourth-order valence-electron chi connectivity index (χ4n) is 4.14. The number of aromatic nitrogens is 1. The summed E-state index contributed by atoms with van der Waals surface area (Å²) >= 11 is 0. The van der Waals surface area contributed by atoms with E-state index in [-0.39, 0.29) is 11.7 Å². The van der Waals surface area contributed by atoms with Gasteiger partial charge < -0.3 is 9.88 Å². The third kappa shape index (κ3) is 3.72. The summed E-state index contributed by atoms with van der Waals surface area (Å²) in [6.45, 7) is 3.44. The summed E-state index contributed by atoms with van der Waals surface area (Å²) in [5, 5.41) is 0.844. The molecule has 0 bridgehead atoms. The second-order valence-corrected chi connectivity index (χ2v) is 7.66. The van der Waals surface area contributed by atoms with E-state index in [1.165, 1.54) is 5.56 Å². The molecular formula is C24H26N2O2. The Kier molecular flexibility index (Phi) is 5.29. The molecule has 0 saturated carbocycles. The molecule has 1 saturated heterocycles. The van der Waals surface area contributed by atoms with Crippen LogP contribution in [-0.2, 0) is 6.42 Å². The number of amides is 1. The molecule has 1 amide bonds. The maximum atomic E-state index is 13.0. The first-order chi connectivity index (χ1) is 13.7. The third-order valence-electron chi connectivity index (χ3n) is 5.82. The Labute approximate surface area is 165 Å². The third-order valence-corrected chi connectivity index (χ3v) is 5.82. The number of H-pyrrole nitrogens is 1. The lowest BCUT2D eigenvalue weighted by Crippen LogP contribution is -2.38. The predicted octanol–water partition coefficient (Wildman–Crippen LogP) is 4.86. The van der Waals surface area contributed by atoms with Crippen molar-refractivity contribution in [2.24, 2.45) is 5.92 Å². The molecule has 2 heterocycles. The highest BCUT2D eigenvalue weighted by Crippen LogP contribution is 2.25. The van der Waals surface area contributed by atoms with Gasteiger partial charge in [0, 0.05) is 47.7 Å². The molecule has 2 aromatic carbocycles. The Morgan fingerprint density at radius 2 is 1.82 bits per heavy atom. The lowest BCUT2D eigenvalue weighted by Gasteiger charge is -2.32. The number of carbonyl (C=O) groups excluding carboxylic acids is 2. The minimum atomic E-state index is 0.0659. The van der Waals surface area contributed by atoms with Crippen LogP contribution in [0.15, 0.2) is 54.7 Å². The van der Waals surface area contributed by atoms with Crippen LogP contribution in [0.2, 0.25) is 0 Å². The fraction of sp³-hybridized carbons (Fsp3) is 0.333. The number of nitrogens with zero attached hydrogens (tertiary/aromatic N) is 1. The van der Waals surface area contributed by atoms with Crippen LogP contribution in [0.1, 0.15) is 52.5 Å². The first kappa shape index (κ1) is 18.5. The van der Waals surface area contributed by atoms with Gasteiger partial charge in [0.1, 0.15) is 0 Å². The van der Waals surface area contributed by atoms with Crippen LogP contribution in [0, 0.1) is 5.92 Å². The smallest absolute Gasteiger partial charge is 0.253 e. The Bertz CT molecular complexity index is 982. The molecule has 4 heteroatoms. The fourth-order valence-corrected chi connectivity index (χ4v) is 4.14. The van der Waals surface area contributed by atoms with Gasteiger partial charge in [0.2, 0.25) is 0 Å². The molecule has 1 N–H and O–H groups in total. The van der Waals surface area contributed by atoms with E-state index in [1.54, 1.807) is 6.20 Å². The number of carbonyl (C=O) groups is 2. The summed E-state index contributed by atoms with van der Waals surface area (Å²) in [7, 11) is 0. The van der Waals surface area contributed by atoms with Crippen LogP contribution in [0.4, 0.5) is 0 Å². The van der Waals surface area contributed by atoms with Crippen molar-refractivity contribution in [3.63, 3.8) is 0 Å². The highest BCUT2D eigenvalue weighted by Gasteiger charge is 2.24. The monoisotopic (exact) mass is 374 g/mol. The van der Waals surface area contributed by atoms with Crippen molar-refractivity contribution in [2.75, 3.05) is 13.1 Å². The Hall–Kier alpha value is -2.88. The SMILES string of the molecule is CCC(=O)c1c[nH]c2ccc(C(=O)N3CCC(Cc4ccccc4)CC3)cc12. The molecule has 28 heavy (non-hydrogen) atoms. The number of aromatic amines is 1. The number of likely N-dealkylation sites (tertiary alicyclic amines) is 1. The highest BCUT2D eigenvalue weighted by molar-refractivity contribution is 6.09. The van der Waals surface area contributed by atoms with Gasteiger partial charge in [-0.3, -0.25) is 9.59 Å². The number of nitrogens with one attached hydrogen (secondary N) is 1. The number of hydrogen-bond acceptors (Lipinski definition) is 2. The van der Waals surface area contributed by atoms with Gasteiger partial charge in [-0.15, -0.1) is 0 Å². The first-order valence-corrected chi connectivity index (χ1v) is 10.1. The molecule has 4 nitrogen and oxygen atoms in total. The van der Waals surface area contributed by atoms with Crippen molar-refractivity contribution < 1.29 is 9.59 Å². The van der Waals surface area contributed by atoms with E-state index < -0.39 is 0 Å². The van der Waals surface area contributed by atoms with Gasteiger partial charge in [-0.05, 0) is 48.9 Å². The van der Waals surface area contributed by atoms with Gasteiger partial charge in [0.15, 0.2) is 5.78 Å². The summed E-state index contributed by atoms with van der Waals surface area (Å²) in [6, 6.07) is 16.2. The largest absolute Gasteiger partial charge is 0.360 e. The maximum Gasteiger partial charge on any atom is 0.253 e. The summed E-state index contributed by atoms with van der Waals surface area (Å²) < 4.78 is 0. The molecule has 0 radical (unpaired) electrons. The zero-order chi connectivity index (χ0) is 19.5. The topological polar surface area (TPSA) is 53.2 Å². The van der Waals surface area contributed by atoms with Crippen molar-refractivity contribution in [1.29, 1.82) is 0 Å². The minimum absolute atomic E-state index is 0.0659. The number of fused-ring (bicyclic) bond motifs is 1. The first-order valence-electron chi connectivity index (χ1n) is 10.1. The standard InChI is InChI=1S/C24H26N2O2/c1-2-23(27)21-16-25-22-9-8-19(15-20(21)22)24(28)26-12-10-18(11-13-26)14-17-6-4-3-5-7-17/h3-9,15-16,18,25H,2,10-14H2,1H3. The van der Waals surface area contributed by atoms with E-state index in [0.717, 1.165) is 43.3 Å². The lowest BCUT2D eigenvalue weighted by molar-refractivity contribution is 0.0690. The van der Waals surface area contributed by atoms with Gasteiger partial charge in [-0.25, -0.2) is 0 Å². The molecular weight excluding hydrogens is 348 g/mol. The van der Waals surface area contributed by atoms with E-state index in [9.17, 15) is 9.59 Å². The molecule has 144 valence electrons. The van der Waals surface area contributed by atoms with Crippen molar-refractivity contribution in [3.8, 4) is 0 Å². The van der Waals surface area contributed by atoms with Gasteiger partial charge in [-0.1, -0.05) is 37.3 Å². The summed E-state index contributed by atoms with van der Waals surface area (Å²) in [4.78, 5) is 30.2.